The summed E-state index contributed by atoms with van der Waals surface area (Å²) in [6, 6.07) is 14.3. The summed E-state index contributed by atoms with van der Waals surface area (Å²) in [5, 5.41) is 3.98. The summed E-state index contributed by atoms with van der Waals surface area (Å²) in [5.41, 5.74) is 0.386. The minimum atomic E-state index is -3.64. The highest BCUT2D eigenvalue weighted by Crippen LogP contribution is 2.23. The first-order chi connectivity index (χ1) is 14.5. The molecule has 0 unspecified atom stereocenters. The van der Waals surface area contributed by atoms with Crippen molar-refractivity contribution in [1.82, 2.24) is 9.62 Å². The van der Waals surface area contributed by atoms with E-state index in [9.17, 15) is 13.2 Å². The maximum atomic E-state index is 13.3. The number of amides is 1. The van der Waals surface area contributed by atoms with Crippen LogP contribution in [0.4, 0.5) is 0 Å². The summed E-state index contributed by atoms with van der Waals surface area (Å²) in [6.07, 6.45) is 3.83. The molecule has 0 aliphatic heterocycles. The van der Waals surface area contributed by atoms with Crippen molar-refractivity contribution in [3.05, 3.63) is 74.6 Å². The Labute approximate surface area is 185 Å². The van der Waals surface area contributed by atoms with Crippen LogP contribution < -0.4 is 4.72 Å². The standard InChI is InChI=1S/C22H24N2O3S3/c25-22(24(15-19-9-4-12-28-19)16-20-10-5-13-29-20)17-6-3-11-21(14-17)30(26,27)23-18-7-1-2-8-18/h3-6,9-14,18,23H,1-2,7-8,15-16H2. The number of carbonyl (C=O) groups is 1. The van der Waals surface area contributed by atoms with Gasteiger partial charge in [-0.15, -0.1) is 22.7 Å². The average molecular weight is 461 g/mol. The Balaban J connectivity index is 1.57. The lowest BCUT2D eigenvalue weighted by Crippen LogP contribution is -2.33. The molecule has 1 N–H and O–H groups in total. The van der Waals surface area contributed by atoms with E-state index in [1.807, 2.05) is 35.0 Å². The van der Waals surface area contributed by atoms with Gasteiger partial charge in [0.15, 0.2) is 0 Å². The third-order valence-electron chi connectivity index (χ3n) is 5.21. The number of hydrogen-bond donors (Lipinski definition) is 1. The molecular formula is C22H24N2O3S3. The summed E-state index contributed by atoms with van der Waals surface area (Å²) < 4.78 is 28.4. The van der Waals surface area contributed by atoms with Crippen molar-refractivity contribution in [1.29, 1.82) is 0 Å². The van der Waals surface area contributed by atoms with E-state index in [-0.39, 0.29) is 16.8 Å². The van der Waals surface area contributed by atoms with Gasteiger partial charge < -0.3 is 4.90 Å². The van der Waals surface area contributed by atoms with Gasteiger partial charge in [-0.05, 0) is 53.9 Å². The molecule has 2 aromatic heterocycles. The van der Waals surface area contributed by atoms with E-state index in [0.29, 0.717) is 18.7 Å². The smallest absolute Gasteiger partial charge is 0.254 e. The van der Waals surface area contributed by atoms with Crippen molar-refractivity contribution < 1.29 is 13.2 Å². The molecule has 30 heavy (non-hydrogen) atoms. The van der Waals surface area contributed by atoms with Crippen molar-refractivity contribution in [2.75, 3.05) is 0 Å². The number of sulfonamides is 1. The molecule has 1 aromatic carbocycles. The molecule has 158 valence electrons. The van der Waals surface area contributed by atoms with Crippen LogP contribution in [0.1, 0.15) is 45.8 Å². The number of nitrogens with one attached hydrogen (secondary N) is 1. The molecule has 5 nitrogen and oxygen atoms in total. The highest BCUT2D eigenvalue weighted by Gasteiger charge is 2.24. The number of rotatable bonds is 8. The quantitative estimate of drug-likeness (QED) is 0.521. The Morgan fingerprint density at radius 2 is 1.60 bits per heavy atom. The highest BCUT2D eigenvalue weighted by atomic mass is 32.2. The lowest BCUT2D eigenvalue weighted by molar-refractivity contribution is 0.0733. The van der Waals surface area contributed by atoms with Gasteiger partial charge in [-0.1, -0.05) is 31.0 Å². The Hall–Kier alpha value is -2.00. The summed E-state index contributed by atoms with van der Waals surface area (Å²) in [5.74, 6) is -0.172. The fourth-order valence-corrected chi connectivity index (χ4v) is 6.48. The molecule has 0 atom stereocenters. The number of hydrogen-bond acceptors (Lipinski definition) is 5. The highest BCUT2D eigenvalue weighted by molar-refractivity contribution is 7.89. The van der Waals surface area contributed by atoms with E-state index in [1.54, 1.807) is 45.8 Å². The zero-order valence-electron chi connectivity index (χ0n) is 16.5. The molecule has 1 amide bonds. The van der Waals surface area contributed by atoms with Gasteiger partial charge in [0, 0.05) is 21.4 Å². The molecule has 0 saturated heterocycles. The van der Waals surface area contributed by atoms with Crippen LogP contribution in [0.15, 0.2) is 64.2 Å². The largest absolute Gasteiger partial charge is 0.328 e. The second-order valence-electron chi connectivity index (χ2n) is 7.45. The molecule has 4 rings (SSSR count). The first-order valence-corrected chi connectivity index (χ1v) is 13.2. The second-order valence-corrected chi connectivity index (χ2v) is 11.2. The minimum absolute atomic E-state index is 0.0106. The summed E-state index contributed by atoms with van der Waals surface area (Å²) in [7, 11) is -3.64. The molecule has 2 heterocycles. The molecule has 1 aliphatic rings. The zero-order valence-corrected chi connectivity index (χ0v) is 18.9. The number of benzene rings is 1. The van der Waals surface area contributed by atoms with E-state index in [1.165, 1.54) is 6.07 Å². The third kappa shape index (κ3) is 5.18. The predicted molar refractivity (Wildman–Crippen MR) is 121 cm³/mol. The van der Waals surface area contributed by atoms with Gasteiger partial charge in [0.05, 0.1) is 18.0 Å². The van der Waals surface area contributed by atoms with Crippen LogP contribution in [-0.4, -0.2) is 25.3 Å². The Kier molecular flexibility index (Phi) is 6.67. The van der Waals surface area contributed by atoms with Gasteiger partial charge >= 0.3 is 0 Å². The van der Waals surface area contributed by atoms with E-state index in [4.69, 9.17) is 0 Å². The van der Waals surface area contributed by atoms with Crippen LogP contribution >= 0.6 is 22.7 Å². The number of carbonyl (C=O) groups excluding carboxylic acids is 1. The van der Waals surface area contributed by atoms with Gasteiger partial charge in [-0.25, -0.2) is 13.1 Å². The molecule has 3 aromatic rings. The van der Waals surface area contributed by atoms with Gasteiger partial charge in [0.2, 0.25) is 10.0 Å². The molecule has 1 fully saturated rings. The average Bonchev–Trinajstić information content (AvgIpc) is 3.51. The van der Waals surface area contributed by atoms with Crippen molar-refractivity contribution in [2.45, 2.75) is 49.7 Å². The summed E-state index contributed by atoms with van der Waals surface area (Å²) >= 11 is 3.21. The first-order valence-electron chi connectivity index (χ1n) is 9.98. The van der Waals surface area contributed by atoms with E-state index in [2.05, 4.69) is 4.72 Å². The SMILES string of the molecule is O=C(c1cccc(S(=O)(=O)NC2CCCC2)c1)N(Cc1cccs1)Cc1cccs1. The topological polar surface area (TPSA) is 66.5 Å². The van der Waals surface area contributed by atoms with Crippen LogP contribution in [0, 0.1) is 0 Å². The summed E-state index contributed by atoms with van der Waals surface area (Å²) in [6.45, 7) is 0.984. The molecular weight excluding hydrogens is 436 g/mol. The molecule has 1 saturated carbocycles. The second kappa shape index (κ2) is 9.43. The maximum absolute atomic E-state index is 13.3. The molecule has 0 spiro atoms. The van der Waals surface area contributed by atoms with Crippen molar-refractivity contribution in [3.8, 4) is 0 Å². The Morgan fingerprint density at radius 3 is 2.17 bits per heavy atom. The Morgan fingerprint density at radius 1 is 0.967 bits per heavy atom. The fourth-order valence-electron chi connectivity index (χ4n) is 3.69. The number of nitrogens with zero attached hydrogens (tertiary/aromatic N) is 1. The van der Waals surface area contributed by atoms with Crippen LogP contribution in [-0.2, 0) is 23.1 Å². The van der Waals surface area contributed by atoms with Gasteiger partial charge in [0.25, 0.3) is 5.91 Å². The van der Waals surface area contributed by atoms with Crippen LogP contribution in [0.2, 0.25) is 0 Å². The van der Waals surface area contributed by atoms with Crippen LogP contribution in [0.25, 0.3) is 0 Å². The lowest BCUT2D eigenvalue weighted by Gasteiger charge is -2.22. The van der Waals surface area contributed by atoms with E-state index < -0.39 is 10.0 Å². The maximum Gasteiger partial charge on any atom is 0.254 e. The van der Waals surface area contributed by atoms with Gasteiger partial charge in [-0.2, -0.15) is 0 Å². The molecule has 0 bridgehead atoms. The molecule has 8 heteroatoms. The van der Waals surface area contributed by atoms with Crippen molar-refractivity contribution >= 4 is 38.6 Å². The zero-order chi connectivity index (χ0) is 21.0. The van der Waals surface area contributed by atoms with Gasteiger partial charge in [0.1, 0.15) is 0 Å². The van der Waals surface area contributed by atoms with Gasteiger partial charge in [-0.3, -0.25) is 4.79 Å². The predicted octanol–water partition coefficient (Wildman–Crippen LogP) is 4.87. The normalized spacial score (nSPS) is 14.8. The van der Waals surface area contributed by atoms with E-state index >= 15 is 0 Å². The minimum Gasteiger partial charge on any atom is -0.328 e. The van der Waals surface area contributed by atoms with Crippen LogP contribution in [0.5, 0.6) is 0 Å². The lowest BCUT2D eigenvalue weighted by atomic mass is 10.2. The van der Waals surface area contributed by atoms with E-state index in [0.717, 1.165) is 35.4 Å². The molecule has 1 aliphatic carbocycles. The fraction of sp³-hybridized carbons (Fsp3) is 0.318. The van der Waals surface area contributed by atoms with Crippen molar-refractivity contribution in [2.24, 2.45) is 0 Å². The monoisotopic (exact) mass is 460 g/mol. The Bertz CT molecular complexity index is 1030. The summed E-state index contributed by atoms with van der Waals surface area (Å²) in [4.78, 5) is 17.4. The van der Waals surface area contributed by atoms with Crippen LogP contribution in [0.3, 0.4) is 0 Å². The molecule has 0 radical (unpaired) electrons. The third-order valence-corrected chi connectivity index (χ3v) is 8.45. The first kappa shape index (κ1) is 21.2. The van der Waals surface area contributed by atoms with Crippen molar-refractivity contribution in [3.63, 3.8) is 0 Å². The number of thiophene rings is 2.